The zero-order valence-electron chi connectivity index (χ0n) is 24.2. The van der Waals surface area contributed by atoms with Crippen LogP contribution in [-0.4, -0.2) is 85.7 Å². The van der Waals surface area contributed by atoms with Gasteiger partial charge in [0.2, 0.25) is 0 Å². The number of urea groups is 1. The number of hydrogen-bond acceptors (Lipinski definition) is 6. The molecule has 3 heterocycles. The number of imidazole rings is 1. The molecule has 236 valence electrons. The van der Waals surface area contributed by atoms with Gasteiger partial charge in [-0.15, -0.1) is 0 Å². The Hall–Kier alpha value is -4.11. The van der Waals surface area contributed by atoms with Crippen LogP contribution in [-0.2, 0) is 13.2 Å². The second-order valence-corrected chi connectivity index (χ2v) is 11.4. The number of amides is 4. The summed E-state index contributed by atoms with van der Waals surface area (Å²) in [6.45, 7) is 4.04. The maximum Gasteiger partial charge on any atom is 0.435 e. The highest BCUT2D eigenvalue weighted by Gasteiger charge is 2.40. The molecule has 2 aliphatic rings. The Kier molecular flexibility index (Phi) is 8.88. The average molecular weight is 636 g/mol. The molecule has 0 atom stereocenters. The summed E-state index contributed by atoms with van der Waals surface area (Å²) >= 11 is 6.35. The number of rotatable bonds is 10. The number of carbonyl (C=O) groups excluding carboxylic acids is 3. The smallest absolute Gasteiger partial charge is 0.350 e. The van der Waals surface area contributed by atoms with Crippen molar-refractivity contribution in [1.82, 2.24) is 34.4 Å². The van der Waals surface area contributed by atoms with Crippen LogP contribution in [0, 0.1) is 0 Å². The summed E-state index contributed by atoms with van der Waals surface area (Å²) in [6.07, 6.45) is 0.137. The summed E-state index contributed by atoms with van der Waals surface area (Å²) < 4.78 is 43.7. The van der Waals surface area contributed by atoms with E-state index in [1.807, 2.05) is 6.92 Å². The molecule has 16 heteroatoms. The van der Waals surface area contributed by atoms with Crippen LogP contribution in [0.15, 0.2) is 30.6 Å². The number of likely N-dealkylation sites (tertiary alicyclic amines) is 1. The molecule has 4 N–H and O–H groups in total. The third-order valence-corrected chi connectivity index (χ3v) is 7.78. The van der Waals surface area contributed by atoms with Gasteiger partial charge in [-0.1, -0.05) is 18.5 Å². The van der Waals surface area contributed by atoms with E-state index in [2.05, 4.69) is 20.7 Å². The van der Waals surface area contributed by atoms with Crippen LogP contribution in [0.5, 0.6) is 0 Å². The molecule has 2 fully saturated rings. The molecule has 1 saturated heterocycles. The van der Waals surface area contributed by atoms with Crippen molar-refractivity contribution in [3.05, 3.63) is 52.7 Å². The maximum absolute atomic E-state index is 13.7. The summed E-state index contributed by atoms with van der Waals surface area (Å²) in [6, 6.07) is 4.12. The third kappa shape index (κ3) is 6.68. The Morgan fingerprint density at radius 2 is 1.89 bits per heavy atom. The molecule has 0 spiro atoms. The molecule has 44 heavy (non-hydrogen) atoms. The highest BCUT2D eigenvalue weighted by Crippen LogP contribution is 2.41. The van der Waals surface area contributed by atoms with Crippen LogP contribution in [0.2, 0.25) is 5.02 Å². The number of nitrogens with zero attached hydrogens (tertiary/aromatic N) is 6. The number of carbonyl (C=O) groups is 3. The molecule has 0 bridgehead atoms. The normalized spacial score (nSPS) is 15.2. The van der Waals surface area contributed by atoms with Gasteiger partial charge in [0.1, 0.15) is 0 Å². The lowest BCUT2D eigenvalue weighted by Gasteiger charge is -2.40. The van der Waals surface area contributed by atoms with Crippen molar-refractivity contribution in [1.29, 1.82) is 0 Å². The first-order valence-electron chi connectivity index (χ1n) is 14.2. The van der Waals surface area contributed by atoms with Crippen LogP contribution >= 0.6 is 11.6 Å². The Morgan fingerprint density at radius 3 is 2.50 bits per heavy atom. The number of nitrogens with one attached hydrogen (secondary N) is 2. The van der Waals surface area contributed by atoms with Gasteiger partial charge < -0.3 is 30.7 Å². The SMILES string of the molecule is CCCN(CCNC(=O)c1ccc(NC(=O)c2ncc(-c3cn(C4CC4)nc3C(F)(F)F)n2C)cc1Cl)C(=O)N1CC(N)C1. The number of benzene rings is 1. The van der Waals surface area contributed by atoms with Gasteiger partial charge in [-0.25, -0.2) is 9.78 Å². The van der Waals surface area contributed by atoms with Crippen molar-refractivity contribution in [2.24, 2.45) is 12.8 Å². The zero-order chi connectivity index (χ0) is 31.8. The van der Waals surface area contributed by atoms with Crippen molar-refractivity contribution in [2.75, 3.05) is 38.0 Å². The maximum atomic E-state index is 13.7. The number of aromatic nitrogens is 4. The van der Waals surface area contributed by atoms with Crippen LogP contribution in [0.3, 0.4) is 0 Å². The van der Waals surface area contributed by atoms with E-state index in [9.17, 15) is 27.6 Å². The highest BCUT2D eigenvalue weighted by molar-refractivity contribution is 6.34. The predicted molar refractivity (Wildman–Crippen MR) is 156 cm³/mol. The van der Waals surface area contributed by atoms with Crippen molar-refractivity contribution >= 4 is 35.1 Å². The first kappa shape index (κ1) is 31.3. The molecule has 0 unspecified atom stereocenters. The second kappa shape index (κ2) is 12.5. The minimum absolute atomic E-state index is 0.00708. The molecule has 0 radical (unpaired) electrons. The third-order valence-electron chi connectivity index (χ3n) is 7.47. The van der Waals surface area contributed by atoms with E-state index < -0.39 is 23.7 Å². The average Bonchev–Trinajstić information content (AvgIpc) is 3.57. The first-order valence-corrected chi connectivity index (χ1v) is 14.6. The highest BCUT2D eigenvalue weighted by atomic mass is 35.5. The summed E-state index contributed by atoms with van der Waals surface area (Å²) in [5.41, 5.74) is 5.09. The number of nitrogens with two attached hydrogens (primary N) is 1. The van der Waals surface area contributed by atoms with Gasteiger partial charge in [0.05, 0.1) is 34.1 Å². The minimum Gasteiger partial charge on any atom is -0.350 e. The molecular weight excluding hydrogens is 603 g/mol. The minimum atomic E-state index is -4.68. The Labute approximate surface area is 256 Å². The van der Waals surface area contributed by atoms with Gasteiger partial charge in [0, 0.05) is 57.7 Å². The molecule has 1 aliphatic heterocycles. The standard InChI is InChI=1S/C28H33ClF3N9O3/c1-3-9-39(27(44)40-13-16(33)14-40)10-8-34-25(42)19-7-4-17(11-21(19)29)36-26(43)24-35-12-22(38(24)2)20-15-41(18-5-6-18)37-23(20)28(30,31)32/h4,7,11-12,15-16,18H,3,5-6,8-10,13-14,33H2,1-2H3,(H,34,42)(H,36,43). The van der Waals surface area contributed by atoms with E-state index in [4.69, 9.17) is 17.3 Å². The lowest BCUT2D eigenvalue weighted by atomic mass is 10.1. The number of anilines is 1. The summed E-state index contributed by atoms with van der Waals surface area (Å²) in [5.74, 6) is -1.26. The summed E-state index contributed by atoms with van der Waals surface area (Å²) in [4.78, 5) is 45.8. The van der Waals surface area contributed by atoms with Crippen LogP contribution in [0.4, 0.5) is 23.7 Å². The monoisotopic (exact) mass is 635 g/mol. The largest absolute Gasteiger partial charge is 0.435 e. The fraction of sp³-hybridized carbons (Fsp3) is 0.464. The van der Waals surface area contributed by atoms with Gasteiger partial charge in [-0.2, -0.15) is 18.3 Å². The van der Waals surface area contributed by atoms with Gasteiger partial charge in [0.15, 0.2) is 11.5 Å². The predicted octanol–water partition coefficient (Wildman–Crippen LogP) is 3.75. The fourth-order valence-electron chi connectivity index (χ4n) is 4.99. The first-order chi connectivity index (χ1) is 20.9. The van der Waals surface area contributed by atoms with Gasteiger partial charge >= 0.3 is 12.2 Å². The van der Waals surface area contributed by atoms with E-state index >= 15 is 0 Å². The molecule has 3 aromatic rings. The molecule has 1 aliphatic carbocycles. The lowest BCUT2D eigenvalue weighted by Crippen LogP contribution is -2.61. The lowest BCUT2D eigenvalue weighted by molar-refractivity contribution is -0.141. The molecule has 4 amide bonds. The van der Waals surface area contributed by atoms with E-state index in [1.165, 1.54) is 46.9 Å². The van der Waals surface area contributed by atoms with Crippen molar-refractivity contribution in [3.8, 4) is 11.3 Å². The van der Waals surface area contributed by atoms with Crippen LogP contribution in [0.1, 0.15) is 58.9 Å². The van der Waals surface area contributed by atoms with E-state index in [1.54, 1.807) is 9.80 Å². The number of alkyl halides is 3. The Bertz CT molecular complexity index is 1560. The van der Waals surface area contributed by atoms with E-state index in [-0.39, 0.29) is 58.0 Å². The topological polar surface area (TPSA) is 143 Å². The molecule has 1 aromatic carbocycles. The number of hydrogen-bond donors (Lipinski definition) is 3. The van der Waals surface area contributed by atoms with Gasteiger partial charge in [0.25, 0.3) is 11.8 Å². The Balaban J connectivity index is 1.21. The van der Waals surface area contributed by atoms with E-state index in [0.29, 0.717) is 26.2 Å². The Morgan fingerprint density at radius 1 is 1.16 bits per heavy atom. The van der Waals surface area contributed by atoms with Gasteiger partial charge in [-0.3, -0.25) is 14.3 Å². The van der Waals surface area contributed by atoms with Crippen molar-refractivity contribution in [2.45, 2.75) is 44.4 Å². The van der Waals surface area contributed by atoms with E-state index in [0.717, 1.165) is 19.3 Å². The second-order valence-electron chi connectivity index (χ2n) is 11.0. The fourth-order valence-corrected chi connectivity index (χ4v) is 5.26. The zero-order valence-corrected chi connectivity index (χ0v) is 25.0. The molecule has 12 nitrogen and oxygen atoms in total. The quantitative estimate of drug-likeness (QED) is 0.310. The molecular formula is C28H33ClF3N9O3. The van der Waals surface area contributed by atoms with Crippen molar-refractivity contribution < 1.29 is 27.6 Å². The van der Waals surface area contributed by atoms with Crippen LogP contribution in [0.25, 0.3) is 11.3 Å². The molecule has 1 saturated carbocycles. The summed E-state index contributed by atoms with van der Waals surface area (Å²) in [5, 5.41) is 9.20. The van der Waals surface area contributed by atoms with Gasteiger partial charge in [-0.05, 0) is 37.5 Å². The van der Waals surface area contributed by atoms with Crippen LogP contribution < -0.4 is 16.4 Å². The molecule has 2 aromatic heterocycles. The van der Waals surface area contributed by atoms with Crippen molar-refractivity contribution in [3.63, 3.8) is 0 Å². The number of halogens is 4. The molecule has 5 rings (SSSR count). The summed E-state index contributed by atoms with van der Waals surface area (Å²) in [7, 11) is 1.44.